The van der Waals surface area contributed by atoms with Crippen LogP contribution in [0.15, 0.2) is 29.3 Å². The summed E-state index contributed by atoms with van der Waals surface area (Å²) < 4.78 is 7.27. The molecule has 0 saturated heterocycles. The second kappa shape index (κ2) is 7.10. The zero-order valence-electron chi connectivity index (χ0n) is 15.5. The van der Waals surface area contributed by atoms with Crippen LogP contribution >= 0.6 is 0 Å². The Morgan fingerprint density at radius 1 is 1.22 bits per heavy atom. The predicted octanol–water partition coefficient (Wildman–Crippen LogP) is 1.29. The lowest BCUT2D eigenvalue weighted by Gasteiger charge is -2.14. The Balaban J connectivity index is 2.14. The number of aromatic nitrogens is 5. The second-order valence-corrected chi connectivity index (χ2v) is 6.16. The van der Waals surface area contributed by atoms with Gasteiger partial charge in [0.1, 0.15) is 6.33 Å². The van der Waals surface area contributed by atoms with Crippen molar-refractivity contribution in [1.29, 1.82) is 0 Å². The molecule has 0 saturated carbocycles. The van der Waals surface area contributed by atoms with Crippen molar-refractivity contribution in [3.8, 4) is 5.69 Å². The Morgan fingerprint density at radius 3 is 2.59 bits per heavy atom. The zero-order chi connectivity index (χ0) is 19.7. The summed E-state index contributed by atoms with van der Waals surface area (Å²) in [6.07, 6.45) is 1.15. The summed E-state index contributed by atoms with van der Waals surface area (Å²) in [5.74, 6) is -1.34. The zero-order valence-corrected chi connectivity index (χ0v) is 15.5. The molecule has 1 atom stereocenters. The first-order chi connectivity index (χ1) is 12.8. The van der Waals surface area contributed by atoms with Gasteiger partial charge < -0.3 is 4.74 Å². The molecular formula is C18H19N5O4. The van der Waals surface area contributed by atoms with E-state index in [2.05, 4.69) is 15.3 Å². The van der Waals surface area contributed by atoms with Gasteiger partial charge >= 0.3 is 5.97 Å². The number of carbonyl (C=O) groups is 2. The molecule has 0 aliphatic carbocycles. The van der Waals surface area contributed by atoms with E-state index in [4.69, 9.17) is 4.74 Å². The molecular weight excluding hydrogens is 350 g/mol. The fraction of sp³-hybridized carbons (Fsp3) is 0.333. The van der Waals surface area contributed by atoms with Crippen molar-refractivity contribution in [2.75, 3.05) is 6.61 Å². The molecule has 0 radical (unpaired) electrons. The molecule has 0 N–H and O–H groups in total. The van der Waals surface area contributed by atoms with Crippen molar-refractivity contribution < 1.29 is 14.3 Å². The summed E-state index contributed by atoms with van der Waals surface area (Å²) in [4.78, 5) is 41.0. The van der Waals surface area contributed by atoms with Crippen LogP contribution < -0.4 is 5.56 Å². The third-order valence-corrected chi connectivity index (χ3v) is 4.30. The number of benzene rings is 1. The van der Waals surface area contributed by atoms with E-state index in [1.807, 2.05) is 32.0 Å². The molecule has 3 aromatic rings. The Morgan fingerprint density at radius 2 is 1.96 bits per heavy atom. The molecule has 0 fully saturated rings. The molecule has 3 rings (SSSR count). The molecule has 0 aliphatic rings. The molecule has 1 unspecified atom stereocenters. The van der Waals surface area contributed by atoms with Gasteiger partial charge in [-0.15, -0.1) is 5.10 Å². The lowest BCUT2D eigenvalue weighted by atomic mass is 10.1. The van der Waals surface area contributed by atoms with E-state index >= 15 is 0 Å². The maximum atomic E-state index is 12.8. The van der Waals surface area contributed by atoms with Gasteiger partial charge in [-0.25, -0.2) is 9.78 Å². The lowest BCUT2D eigenvalue weighted by Crippen LogP contribution is -2.35. The van der Waals surface area contributed by atoms with Crippen LogP contribution in [0.3, 0.4) is 0 Å². The van der Waals surface area contributed by atoms with E-state index in [9.17, 15) is 14.4 Å². The highest BCUT2D eigenvalue weighted by Crippen LogP contribution is 2.17. The highest BCUT2D eigenvalue weighted by atomic mass is 16.5. The first-order valence-electron chi connectivity index (χ1n) is 8.42. The number of hydrogen-bond acceptors (Lipinski definition) is 7. The van der Waals surface area contributed by atoms with Crippen LogP contribution in [0.4, 0.5) is 0 Å². The summed E-state index contributed by atoms with van der Waals surface area (Å²) in [5, 5.41) is 7.92. The topological polar surface area (TPSA) is 109 Å². The van der Waals surface area contributed by atoms with Gasteiger partial charge in [0.05, 0.1) is 12.3 Å². The minimum Gasteiger partial charge on any atom is -0.464 e. The number of Topliss-reactive ketones (excluding diaryl/α,β-unsaturated/α-hetero) is 1. The first-order valence-corrected chi connectivity index (χ1v) is 8.42. The number of hydrogen-bond donors (Lipinski definition) is 0. The smallest absolute Gasteiger partial charge is 0.337 e. The molecule has 27 heavy (non-hydrogen) atoms. The van der Waals surface area contributed by atoms with E-state index in [1.165, 1.54) is 11.6 Å². The fourth-order valence-electron chi connectivity index (χ4n) is 2.73. The number of fused-ring (bicyclic) bond motifs is 1. The van der Waals surface area contributed by atoms with Crippen molar-refractivity contribution >= 4 is 22.9 Å². The minimum atomic E-state index is -1.40. The fourth-order valence-corrected chi connectivity index (χ4v) is 2.73. The normalized spacial score (nSPS) is 12.1. The van der Waals surface area contributed by atoms with Crippen molar-refractivity contribution in [3.63, 3.8) is 0 Å². The third-order valence-electron chi connectivity index (χ3n) is 4.30. The molecule has 0 aliphatic heterocycles. The van der Waals surface area contributed by atoms with Gasteiger partial charge in [-0.3, -0.25) is 14.2 Å². The maximum absolute atomic E-state index is 12.8. The minimum absolute atomic E-state index is 0.0359. The van der Waals surface area contributed by atoms with Gasteiger partial charge in [0, 0.05) is 0 Å². The quantitative estimate of drug-likeness (QED) is 0.492. The second-order valence-electron chi connectivity index (χ2n) is 6.16. The van der Waals surface area contributed by atoms with Gasteiger partial charge in [-0.2, -0.15) is 4.68 Å². The molecule has 9 nitrogen and oxygen atoms in total. The van der Waals surface area contributed by atoms with Gasteiger partial charge in [-0.05, 0) is 51.0 Å². The number of nitrogens with zero attached hydrogens (tertiary/aromatic N) is 5. The van der Waals surface area contributed by atoms with Crippen molar-refractivity contribution in [2.24, 2.45) is 0 Å². The molecule has 2 aromatic heterocycles. The van der Waals surface area contributed by atoms with Crippen LogP contribution in [0.5, 0.6) is 0 Å². The predicted molar refractivity (Wildman–Crippen MR) is 96.7 cm³/mol. The number of ether oxygens (including phenoxy) is 1. The van der Waals surface area contributed by atoms with Crippen LogP contribution in [0.25, 0.3) is 16.9 Å². The molecule has 1 aromatic carbocycles. The SMILES string of the molecule is CCOC(=O)C(C(C)=O)n1cnc2c(nnn2-c2ccc(C)c(C)c2)c1=O. The Kier molecular flexibility index (Phi) is 4.85. The van der Waals surface area contributed by atoms with E-state index in [0.717, 1.165) is 22.0 Å². The summed E-state index contributed by atoms with van der Waals surface area (Å²) >= 11 is 0. The van der Waals surface area contributed by atoms with Crippen LogP contribution in [-0.4, -0.2) is 42.9 Å². The summed E-state index contributed by atoms with van der Waals surface area (Å²) in [5.41, 5.74) is 2.46. The highest BCUT2D eigenvalue weighted by molar-refractivity contribution is 6.00. The molecule has 9 heteroatoms. The van der Waals surface area contributed by atoms with E-state index in [1.54, 1.807) is 6.92 Å². The van der Waals surface area contributed by atoms with Gasteiger partial charge in [0.25, 0.3) is 5.56 Å². The van der Waals surface area contributed by atoms with Gasteiger partial charge in [0.2, 0.25) is 0 Å². The molecule has 0 amide bonds. The summed E-state index contributed by atoms with van der Waals surface area (Å²) in [7, 11) is 0. The first kappa shape index (κ1) is 18.4. The van der Waals surface area contributed by atoms with E-state index in [-0.39, 0.29) is 17.8 Å². The summed E-state index contributed by atoms with van der Waals surface area (Å²) in [6, 6.07) is 4.29. The van der Waals surface area contributed by atoms with Gasteiger partial charge in [-0.1, -0.05) is 11.3 Å². The number of carbonyl (C=O) groups excluding carboxylic acids is 2. The van der Waals surface area contributed by atoms with E-state index in [0.29, 0.717) is 5.69 Å². The average molecular weight is 369 g/mol. The molecule has 2 heterocycles. The van der Waals surface area contributed by atoms with Crippen molar-refractivity contribution in [3.05, 3.63) is 46.0 Å². The van der Waals surface area contributed by atoms with Crippen molar-refractivity contribution in [2.45, 2.75) is 33.7 Å². The average Bonchev–Trinajstić information content (AvgIpc) is 3.04. The Hall–Kier alpha value is -3.36. The Labute approximate surface area is 154 Å². The molecule has 0 spiro atoms. The van der Waals surface area contributed by atoms with Crippen LogP contribution in [0, 0.1) is 13.8 Å². The van der Waals surface area contributed by atoms with E-state index < -0.39 is 23.4 Å². The maximum Gasteiger partial charge on any atom is 0.337 e. The standard InChI is InChI=1S/C18H19N5O4/c1-5-27-18(26)15(12(4)24)22-9-19-16-14(17(22)25)20-21-23(16)13-7-6-10(2)11(3)8-13/h6-9,15H,5H2,1-4H3. The monoisotopic (exact) mass is 369 g/mol. The molecule has 140 valence electrons. The van der Waals surface area contributed by atoms with Crippen LogP contribution in [0.1, 0.15) is 31.0 Å². The van der Waals surface area contributed by atoms with Crippen molar-refractivity contribution in [1.82, 2.24) is 24.5 Å². The van der Waals surface area contributed by atoms with Gasteiger partial charge in [0.15, 0.2) is 23.0 Å². The number of rotatable bonds is 5. The Bertz CT molecular complexity index is 1100. The largest absolute Gasteiger partial charge is 0.464 e. The highest BCUT2D eigenvalue weighted by Gasteiger charge is 2.29. The summed E-state index contributed by atoms with van der Waals surface area (Å²) in [6.45, 7) is 6.89. The van der Waals surface area contributed by atoms with Crippen LogP contribution in [-0.2, 0) is 14.3 Å². The van der Waals surface area contributed by atoms with Crippen LogP contribution in [0.2, 0.25) is 0 Å². The number of ketones is 1. The third kappa shape index (κ3) is 3.23. The number of esters is 1. The lowest BCUT2D eigenvalue weighted by molar-refractivity contribution is -0.150. The molecule has 0 bridgehead atoms. The number of aryl methyl sites for hydroxylation is 2.